The number of nitrogens with zero attached hydrogens (tertiary/aromatic N) is 2. The summed E-state index contributed by atoms with van der Waals surface area (Å²) in [6.45, 7) is 2.16. The number of hydrogen-bond acceptors (Lipinski definition) is 6. The molecule has 8 nitrogen and oxygen atoms in total. The summed E-state index contributed by atoms with van der Waals surface area (Å²) in [6, 6.07) is 0. The van der Waals surface area contributed by atoms with Crippen LogP contribution in [0.15, 0.2) is 11.1 Å². The number of H-pyrrole nitrogens is 1. The predicted octanol–water partition coefficient (Wildman–Crippen LogP) is -0.930. The van der Waals surface area contributed by atoms with E-state index in [9.17, 15) is 9.59 Å². The number of hydrogen-bond donors (Lipinski definition) is 3. The van der Waals surface area contributed by atoms with Crippen molar-refractivity contribution in [2.45, 2.75) is 12.8 Å². The van der Waals surface area contributed by atoms with Crippen LogP contribution in [0.1, 0.15) is 12.8 Å². The van der Waals surface area contributed by atoms with E-state index in [-0.39, 0.29) is 23.1 Å². The van der Waals surface area contributed by atoms with Gasteiger partial charge in [-0.15, -0.1) is 0 Å². The zero-order valence-corrected chi connectivity index (χ0v) is 12.1. The van der Waals surface area contributed by atoms with Crippen molar-refractivity contribution in [2.24, 2.45) is 11.7 Å². The maximum atomic E-state index is 12.0. The number of methoxy groups -OCH3 is 1. The van der Waals surface area contributed by atoms with Gasteiger partial charge in [-0.2, -0.15) is 0 Å². The van der Waals surface area contributed by atoms with E-state index in [1.165, 1.54) is 13.4 Å². The van der Waals surface area contributed by atoms with Gasteiger partial charge in [0.1, 0.15) is 0 Å². The number of carbonyl (C=O) groups excluding carboxylic acids is 1. The number of nitrogens with two attached hydrogens (primary N) is 1. The zero-order chi connectivity index (χ0) is 15.2. The van der Waals surface area contributed by atoms with Crippen LogP contribution in [0, 0.1) is 5.92 Å². The van der Waals surface area contributed by atoms with Crippen molar-refractivity contribution in [1.82, 2.24) is 15.3 Å². The summed E-state index contributed by atoms with van der Waals surface area (Å²) in [4.78, 5) is 32.4. The molecular weight excluding hydrogens is 274 g/mol. The maximum absolute atomic E-state index is 12.0. The smallest absolute Gasteiger partial charge is 0.295 e. The molecule has 1 aliphatic heterocycles. The second kappa shape index (κ2) is 7.07. The van der Waals surface area contributed by atoms with Crippen LogP contribution < -0.4 is 26.2 Å². The number of piperidine rings is 1. The molecule has 0 bridgehead atoms. The molecule has 2 heterocycles. The topological polar surface area (TPSA) is 113 Å². The summed E-state index contributed by atoms with van der Waals surface area (Å²) in [5.41, 5.74) is 5.07. The van der Waals surface area contributed by atoms with Gasteiger partial charge in [0.15, 0.2) is 5.82 Å². The first-order valence-electron chi connectivity index (χ1n) is 7.01. The fourth-order valence-electron chi connectivity index (χ4n) is 2.51. The second-order valence-electron chi connectivity index (χ2n) is 4.95. The summed E-state index contributed by atoms with van der Waals surface area (Å²) in [5, 5.41) is 2.80. The highest BCUT2D eigenvalue weighted by Gasteiger charge is 2.28. The van der Waals surface area contributed by atoms with Crippen LogP contribution in [0.25, 0.3) is 0 Å². The largest absolute Gasteiger partial charge is 0.489 e. The molecule has 0 saturated carbocycles. The minimum Gasteiger partial charge on any atom is -0.489 e. The lowest BCUT2D eigenvalue weighted by atomic mass is 9.97. The molecule has 1 unspecified atom stereocenters. The Morgan fingerprint density at radius 3 is 3.19 bits per heavy atom. The SMILES string of the molecule is COc1c(N2CCCC(C(=O)NCCN)C2)nc[nH]c1=O. The standard InChI is InChI=1S/C13H21N5O3/c1-21-10-11(16-8-17-13(10)20)18-6-2-3-9(7-18)12(19)15-5-4-14/h8-9H,2-7,14H2,1H3,(H,15,19)(H,16,17,20). The molecule has 8 heteroatoms. The van der Waals surface area contributed by atoms with Gasteiger partial charge in [0, 0.05) is 26.2 Å². The van der Waals surface area contributed by atoms with Crippen molar-refractivity contribution in [1.29, 1.82) is 0 Å². The van der Waals surface area contributed by atoms with Crippen LogP contribution in [0.5, 0.6) is 5.75 Å². The van der Waals surface area contributed by atoms with Crippen molar-refractivity contribution in [3.8, 4) is 5.75 Å². The monoisotopic (exact) mass is 295 g/mol. The van der Waals surface area contributed by atoms with E-state index >= 15 is 0 Å². The number of aromatic nitrogens is 2. The molecular formula is C13H21N5O3. The molecule has 1 aliphatic rings. The van der Waals surface area contributed by atoms with E-state index in [2.05, 4.69) is 15.3 Å². The van der Waals surface area contributed by atoms with Gasteiger partial charge in [0.2, 0.25) is 11.7 Å². The quantitative estimate of drug-likeness (QED) is 0.647. The molecule has 2 rings (SSSR count). The summed E-state index contributed by atoms with van der Waals surface area (Å²) in [5.74, 6) is 0.531. The fraction of sp³-hybridized carbons (Fsp3) is 0.615. The molecule has 1 saturated heterocycles. The van der Waals surface area contributed by atoms with Gasteiger partial charge in [-0.25, -0.2) is 4.98 Å². The first-order chi connectivity index (χ1) is 10.2. The summed E-state index contributed by atoms with van der Waals surface area (Å²) in [6.07, 6.45) is 3.02. The number of rotatable bonds is 5. The summed E-state index contributed by atoms with van der Waals surface area (Å²) < 4.78 is 5.12. The minimum atomic E-state index is -0.322. The Hall–Kier alpha value is -2.09. The number of aromatic amines is 1. The third-order valence-corrected chi connectivity index (χ3v) is 3.53. The van der Waals surface area contributed by atoms with Gasteiger partial charge >= 0.3 is 0 Å². The molecule has 0 spiro atoms. The molecule has 0 radical (unpaired) electrons. The van der Waals surface area contributed by atoms with Crippen molar-refractivity contribution < 1.29 is 9.53 Å². The lowest BCUT2D eigenvalue weighted by Gasteiger charge is -2.33. The molecule has 21 heavy (non-hydrogen) atoms. The number of carbonyl (C=O) groups is 1. The van der Waals surface area contributed by atoms with Crippen LogP contribution in [0.2, 0.25) is 0 Å². The van der Waals surface area contributed by atoms with E-state index in [0.29, 0.717) is 25.5 Å². The van der Waals surface area contributed by atoms with E-state index in [4.69, 9.17) is 10.5 Å². The number of amides is 1. The molecule has 4 N–H and O–H groups in total. The highest BCUT2D eigenvalue weighted by atomic mass is 16.5. The molecule has 1 fully saturated rings. The lowest BCUT2D eigenvalue weighted by molar-refractivity contribution is -0.125. The number of nitrogens with one attached hydrogen (secondary N) is 2. The minimum absolute atomic E-state index is 0.00560. The maximum Gasteiger partial charge on any atom is 0.295 e. The van der Waals surface area contributed by atoms with Gasteiger partial charge in [-0.05, 0) is 12.8 Å². The summed E-state index contributed by atoms with van der Waals surface area (Å²) >= 11 is 0. The van der Waals surface area contributed by atoms with Gasteiger partial charge in [-0.1, -0.05) is 0 Å². The Morgan fingerprint density at radius 2 is 2.48 bits per heavy atom. The average molecular weight is 295 g/mol. The molecule has 0 aliphatic carbocycles. The third kappa shape index (κ3) is 3.52. The Bertz CT molecular complexity index is 545. The first-order valence-corrected chi connectivity index (χ1v) is 7.01. The highest BCUT2D eigenvalue weighted by Crippen LogP contribution is 2.26. The van der Waals surface area contributed by atoms with E-state index in [1.54, 1.807) is 0 Å². The van der Waals surface area contributed by atoms with Crippen molar-refractivity contribution in [3.05, 3.63) is 16.7 Å². The van der Waals surface area contributed by atoms with Gasteiger partial charge in [0.25, 0.3) is 5.56 Å². The molecule has 1 atom stereocenters. The van der Waals surface area contributed by atoms with Crippen LogP contribution in [-0.2, 0) is 4.79 Å². The van der Waals surface area contributed by atoms with E-state index in [1.807, 2.05) is 4.90 Å². The molecule has 0 aromatic carbocycles. The van der Waals surface area contributed by atoms with Crippen molar-refractivity contribution in [2.75, 3.05) is 38.2 Å². The Balaban J connectivity index is 2.13. The molecule has 1 amide bonds. The lowest BCUT2D eigenvalue weighted by Crippen LogP contribution is -2.44. The third-order valence-electron chi connectivity index (χ3n) is 3.53. The average Bonchev–Trinajstić information content (AvgIpc) is 2.52. The Kier molecular flexibility index (Phi) is 5.15. The van der Waals surface area contributed by atoms with Crippen LogP contribution >= 0.6 is 0 Å². The zero-order valence-electron chi connectivity index (χ0n) is 12.1. The van der Waals surface area contributed by atoms with Crippen molar-refractivity contribution >= 4 is 11.7 Å². The summed E-state index contributed by atoms with van der Waals surface area (Å²) in [7, 11) is 1.44. The van der Waals surface area contributed by atoms with Crippen LogP contribution in [-0.4, -0.2) is 49.2 Å². The van der Waals surface area contributed by atoms with E-state index < -0.39 is 0 Å². The Labute approximate surface area is 122 Å². The number of ether oxygens (including phenoxy) is 1. The van der Waals surface area contributed by atoms with Gasteiger partial charge in [-0.3, -0.25) is 9.59 Å². The predicted molar refractivity (Wildman–Crippen MR) is 78.4 cm³/mol. The number of anilines is 1. The van der Waals surface area contributed by atoms with Crippen LogP contribution in [0.4, 0.5) is 5.82 Å². The molecule has 1 aromatic heterocycles. The Morgan fingerprint density at radius 1 is 1.67 bits per heavy atom. The highest BCUT2D eigenvalue weighted by molar-refractivity contribution is 5.79. The molecule has 1 aromatic rings. The van der Waals surface area contributed by atoms with Gasteiger partial charge < -0.3 is 25.7 Å². The van der Waals surface area contributed by atoms with E-state index in [0.717, 1.165) is 19.4 Å². The molecule has 116 valence electrons. The van der Waals surface area contributed by atoms with Crippen LogP contribution in [0.3, 0.4) is 0 Å². The second-order valence-corrected chi connectivity index (χ2v) is 4.95. The fourth-order valence-corrected chi connectivity index (χ4v) is 2.51. The first kappa shape index (κ1) is 15.3. The van der Waals surface area contributed by atoms with Crippen molar-refractivity contribution in [3.63, 3.8) is 0 Å². The van der Waals surface area contributed by atoms with Gasteiger partial charge in [0.05, 0.1) is 19.4 Å². The normalized spacial score (nSPS) is 18.4.